The fourth-order valence-corrected chi connectivity index (χ4v) is 4.75. The highest BCUT2D eigenvalue weighted by Gasteiger charge is 2.18. The maximum atomic E-state index is 13.0. The van der Waals surface area contributed by atoms with Crippen molar-refractivity contribution in [2.75, 3.05) is 10.0 Å². The van der Waals surface area contributed by atoms with Gasteiger partial charge in [-0.25, -0.2) is 13.4 Å². The van der Waals surface area contributed by atoms with Crippen LogP contribution >= 0.6 is 22.9 Å². The van der Waals surface area contributed by atoms with Crippen LogP contribution in [0.4, 0.5) is 10.8 Å². The molecule has 0 saturated heterocycles. The first-order valence-electron chi connectivity index (χ1n) is 9.96. The standard InChI is InChI=1S/C23H17ClN4O5S2/c24-16-5-3-15(4-6-16)14-19(27-22(30)20-2-1-12-33-20)21(29)26-17-7-9-18(10-8-17)35(31,32)28-23-25-11-13-34-23/h1-14H,(H,25,28)(H,26,29)(H,27,30). The van der Waals surface area contributed by atoms with Crippen LogP contribution in [-0.4, -0.2) is 25.2 Å². The van der Waals surface area contributed by atoms with Gasteiger partial charge in [-0.15, -0.1) is 11.3 Å². The summed E-state index contributed by atoms with van der Waals surface area (Å²) in [6, 6.07) is 15.2. The molecule has 3 N–H and O–H groups in total. The van der Waals surface area contributed by atoms with Crippen molar-refractivity contribution in [1.29, 1.82) is 0 Å². The van der Waals surface area contributed by atoms with Crippen LogP contribution in [-0.2, 0) is 14.8 Å². The topological polar surface area (TPSA) is 130 Å². The Morgan fingerprint density at radius 3 is 2.40 bits per heavy atom. The van der Waals surface area contributed by atoms with Crippen LogP contribution in [0.3, 0.4) is 0 Å². The maximum absolute atomic E-state index is 13.0. The largest absolute Gasteiger partial charge is 0.459 e. The Hall–Kier alpha value is -3.93. The SMILES string of the molecule is O=C(Nc1ccc(S(=O)(=O)Nc2nccs2)cc1)C(=Cc1ccc(Cl)cc1)NC(=O)c1ccco1. The summed E-state index contributed by atoms with van der Waals surface area (Å²) >= 11 is 7.07. The third-order valence-corrected chi connectivity index (χ3v) is 6.92. The van der Waals surface area contributed by atoms with E-state index in [4.69, 9.17) is 16.0 Å². The smallest absolute Gasteiger partial charge is 0.291 e. The molecule has 0 atom stereocenters. The molecule has 0 aliphatic rings. The number of benzene rings is 2. The van der Waals surface area contributed by atoms with E-state index >= 15 is 0 Å². The number of furan rings is 1. The molecule has 0 radical (unpaired) electrons. The molecule has 0 aliphatic heterocycles. The van der Waals surface area contributed by atoms with Gasteiger partial charge in [-0.2, -0.15) is 0 Å². The van der Waals surface area contributed by atoms with E-state index in [2.05, 4.69) is 20.3 Å². The minimum absolute atomic E-state index is 0.00579. The number of sulfonamides is 1. The van der Waals surface area contributed by atoms with Crippen LogP contribution in [0.15, 0.2) is 93.5 Å². The molecule has 2 amide bonds. The number of anilines is 2. The van der Waals surface area contributed by atoms with Crippen LogP contribution in [0.25, 0.3) is 6.08 Å². The van der Waals surface area contributed by atoms with E-state index in [1.807, 2.05) is 0 Å². The highest BCUT2D eigenvalue weighted by atomic mass is 35.5. The quantitative estimate of drug-likeness (QED) is 0.286. The van der Waals surface area contributed by atoms with Crippen molar-refractivity contribution in [3.8, 4) is 0 Å². The van der Waals surface area contributed by atoms with E-state index in [1.54, 1.807) is 35.7 Å². The lowest BCUT2D eigenvalue weighted by molar-refractivity contribution is -0.113. The molecule has 4 rings (SSSR count). The first kappa shape index (κ1) is 24.2. The summed E-state index contributed by atoms with van der Waals surface area (Å²) in [5, 5.41) is 7.59. The number of amides is 2. The van der Waals surface area contributed by atoms with E-state index in [9.17, 15) is 18.0 Å². The summed E-state index contributed by atoms with van der Waals surface area (Å²) in [7, 11) is -3.83. The zero-order chi connectivity index (χ0) is 24.8. The Bertz CT molecular complexity index is 1450. The molecule has 0 unspecified atom stereocenters. The summed E-state index contributed by atoms with van der Waals surface area (Å²) in [6.45, 7) is 0. The Morgan fingerprint density at radius 2 is 1.77 bits per heavy atom. The number of nitrogens with one attached hydrogen (secondary N) is 3. The number of carbonyl (C=O) groups is 2. The summed E-state index contributed by atoms with van der Waals surface area (Å²) in [6.07, 6.45) is 4.31. The molecule has 178 valence electrons. The second-order valence-corrected chi connectivity index (χ2v) is 9.98. The molecule has 0 spiro atoms. The number of carbonyl (C=O) groups excluding carboxylic acids is 2. The molecule has 0 fully saturated rings. The zero-order valence-electron chi connectivity index (χ0n) is 17.8. The Morgan fingerprint density at radius 1 is 1.03 bits per heavy atom. The van der Waals surface area contributed by atoms with Crippen molar-refractivity contribution in [1.82, 2.24) is 10.3 Å². The van der Waals surface area contributed by atoms with E-state index < -0.39 is 21.8 Å². The molecule has 12 heteroatoms. The number of rotatable bonds is 8. The molecule has 0 aliphatic carbocycles. The van der Waals surface area contributed by atoms with Crippen LogP contribution in [0.5, 0.6) is 0 Å². The number of aromatic nitrogens is 1. The van der Waals surface area contributed by atoms with Gasteiger partial charge in [-0.3, -0.25) is 14.3 Å². The molecule has 9 nitrogen and oxygen atoms in total. The van der Waals surface area contributed by atoms with Crippen molar-refractivity contribution in [2.24, 2.45) is 0 Å². The predicted molar refractivity (Wildman–Crippen MR) is 134 cm³/mol. The van der Waals surface area contributed by atoms with Gasteiger partial charge in [0.2, 0.25) is 0 Å². The van der Waals surface area contributed by atoms with Crippen molar-refractivity contribution in [3.05, 3.63) is 101 Å². The number of nitrogens with zero attached hydrogens (tertiary/aromatic N) is 1. The monoisotopic (exact) mass is 528 g/mol. The highest BCUT2D eigenvalue weighted by molar-refractivity contribution is 7.93. The van der Waals surface area contributed by atoms with Gasteiger partial charge in [-0.05, 0) is 60.2 Å². The van der Waals surface area contributed by atoms with Crippen molar-refractivity contribution >= 4 is 61.7 Å². The molecule has 35 heavy (non-hydrogen) atoms. The van der Waals surface area contributed by atoms with E-state index in [0.29, 0.717) is 16.3 Å². The lowest BCUT2D eigenvalue weighted by atomic mass is 10.2. The highest BCUT2D eigenvalue weighted by Crippen LogP contribution is 2.20. The van der Waals surface area contributed by atoms with Gasteiger partial charge in [0.15, 0.2) is 10.9 Å². The van der Waals surface area contributed by atoms with Crippen molar-refractivity contribution < 1.29 is 22.4 Å². The van der Waals surface area contributed by atoms with E-state index in [-0.39, 0.29) is 21.5 Å². The van der Waals surface area contributed by atoms with Crippen LogP contribution in [0.1, 0.15) is 16.1 Å². The maximum Gasteiger partial charge on any atom is 0.291 e. The lowest BCUT2D eigenvalue weighted by Crippen LogP contribution is -2.30. The first-order chi connectivity index (χ1) is 16.8. The summed E-state index contributed by atoms with van der Waals surface area (Å²) < 4.78 is 32.5. The van der Waals surface area contributed by atoms with Gasteiger partial charge in [0, 0.05) is 22.3 Å². The molecule has 2 aromatic heterocycles. The van der Waals surface area contributed by atoms with Gasteiger partial charge < -0.3 is 15.1 Å². The third-order valence-electron chi connectivity index (χ3n) is 4.50. The molecule has 0 bridgehead atoms. The summed E-state index contributed by atoms with van der Waals surface area (Å²) in [5.41, 5.74) is 0.877. The number of halogens is 1. The third kappa shape index (κ3) is 6.35. The minimum Gasteiger partial charge on any atom is -0.459 e. The lowest BCUT2D eigenvalue weighted by Gasteiger charge is -2.11. The van der Waals surface area contributed by atoms with Gasteiger partial charge in [0.25, 0.3) is 21.8 Å². The minimum atomic E-state index is -3.83. The first-order valence-corrected chi connectivity index (χ1v) is 12.7. The van der Waals surface area contributed by atoms with Gasteiger partial charge >= 0.3 is 0 Å². The second kappa shape index (κ2) is 10.6. The number of thiazole rings is 1. The average Bonchev–Trinajstić information content (AvgIpc) is 3.55. The normalized spacial score (nSPS) is 11.6. The van der Waals surface area contributed by atoms with Gasteiger partial charge in [0.05, 0.1) is 11.2 Å². The van der Waals surface area contributed by atoms with E-state index in [1.165, 1.54) is 48.9 Å². The average molecular weight is 529 g/mol. The fraction of sp³-hybridized carbons (Fsp3) is 0. The molecular weight excluding hydrogens is 512 g/mol. The van der Waals surface area contributed by atoms with Crippen molar-refractivity contribution in [2.45, 2.75) is 4.90 Å². The number of hydrogen-bond donors (Lipinski definition) is 3. The second-order valence-electron chi connectivity index (χ2n) is 6.96. The summed E-state index contributed by atoms with van der Waals surface area (Å²) in [5.74, 6) is -1.21. The Balaban J connectivity index is 1.52. The Labute approximate surface area is 209 Å². The Kier molecular flexibility index (Phi) is 7.30. The summed E-state index contributed by atoms with van der Waals surface area (Å²) in [4.78, 5) is 29.4. The number of hydrogen-bond acceptors (Lipinski definition) is 7. The fourth-order valence-electron chi connectivity index (χ4n) is 2.84. The molecule has 0 saturated carbocycles. The van der Waals surface area contributed by atoms with E-state index in [0.717, 1.165) is 11.3 Å². The predicted octanol–water partition coefficient (Wildman–Crippen LogP) is 4.60. The molecule has 2 aromatic carbocycles. The molecular formula is C23H17ClN4O5S2. The molecule has 2 heterocycles. The zero-order valence-corrected chi connectivity index (χ0v) is 20.2. The van der Waals surface area contributed by atoms with Gasteiger partial charge in [-0.1, -0.05) is 23.7 Å². The van der Waals surface area contributed by atoms with Gasteiger partial charge in [0.1, 0.15) is 5.70 Å². The van der Waals surface area contributed by atoms with Crippen LogP contribution < -0.4 is 15.4 Å². The van der Waals surface area contributed by atoms with Crippen LogP contribution in [0, 0.1) is 0 Å². The van der Waals surface area contributed by atoms with Crippen molar-refractivity contribution in [3.63, 3.8) is 0 Å². The molecule has 4 aromatic rings. The van der Waals surface area contributed by atoms with Crippen LogP contribution in [0.2, 0.25) is 5.02 Å².